The van der Waals surface area contributed by atoms with Crippen LogP contribution in [0.1, 0.15) is 26.5 Å². The van der Waals surface area contributed by atoms with E-state index in [1.54, 1.807) is 0 Å². The summed E-state index contributed by atoms with van der Waals surface area (Å²) in [6, 6.07) is 1.92. The number of nitrogens with one attached hydrogen (secondary N) is 2. The zero-order valence-corrected chi connectivity index (χ0v) is 11.9. The van der Waals surface area contributed by atoms with Gasteiger partial charge in [-0.2, -0.15) is 4.98 Å². The van der Waals surface area contributed by atoms with Crippen molar-refractivity contribution in [3.05, 3.63) is 11.8 Å². The summed E-state index contributed by atoms with van der Waals surface area (Å²) in [5.41, 5.74) is 0.297. The highest BCUT2D eigenvalue weighted by Gasteiger charge is 2.38. The molecule has 0 spiro atoms. The first-order valence-electron chi connectivity index (χ1n) is 6.60. The van der Waals surface area contributed by atoms with Gasteiger partial charge in [-0.1, -0.05) is 0 Å². The molecule has 0 bridgehead atoms. The molecule has 0 aliphatic carbocycles. The smallest absolute Gasteiger partial charge is 0.245 e. The third-order valence-electron chi connectivity index (χ3n) is 3.30. The maximum Gasteiger partial charge on any atom is 0.245 e. The summed E-state index contributed by atoms with van der Waals surface area (Å²) in [6.07, 6.45) is 0. The highest BCUT2D eigenvalue weighted by molar-refractivity contribution is 5.90. The maximum atomic E-state index is 12.0. The number of rotatable bonds is 3. The SMILES string of the molecule is CCNc1nc(C)cc(N2CCNC(=O)C2(C)C)n1. The van der Waals surface area contributed by atoms with Crippen LogP contribution in [0.2, 0.25) is 0 Å². The average molecular weight is 263 g/mol. The molecule has 1 fully saturated rings. The van der Waals surface area contributed by atoms with Gasteiger partial charge in [-0.3, -0.25) is 4.79 Å². The standard InChI is InChI=1S/C13H21N5O/c1-5-14-12-16-9(2)8-10(17-12)18-7-6-15-11(19)13(18,3)4/h8H,5-7H2,1-4H3,(H,15,19)(H,14,16,17). The van der Waals surface area contributed by atoms with Gasteiger partial charge in [-0.15, -0.1) is 0 Å². The van der Waals surface area contributed by atoms with Crippen molar-refractivity contribution < 1.29 is 4.79 Å². The molecule has 2 heterocycles. The molecule has 1 aromatic rings. The van der Waals surface area contributed by atoms with Crippen LogP contribution in [-0.4, -0.2) is 41.0 Å². The zero-order chi connectivity index (χ0) is 14.0. The van der Waals surface area contributed by atoms with Crippen LogP contribution in [0, 0.1) is 6.92 Å². The summed E-state index contributed by atoms with van der Waals surface area (Å²) in [4.78, 5) is 22.8. The predicted octanol–water partition coefficient (Wildman–Crippen LogP) is 0.932. The number of carbonyl (C=O) groups is 1. The second-order valence-electron chi connectivity index (χ2n) is 5.19. The maximum absolute atomic E-state index is 12.0. The molecule has 19 heavy (non-hydrogen) atoms. The van der Waals surface area contributed by atoms with Crippen LogP contribution < -0.4 is 15.5 Å². The van der Waals surface area contributed by atoms with Crippen LogP contribution in [-0.2, 0) is 4.79 Å². The van der Waals surface area contributed by atoms with Gasteiger partial charge in [0.05, 0.1) is 0 Å². The average Bonchev–Trinajstić information content (AvgIpc) is 2.32. The topological polar surface area (TPSA) is 70.2 Å². The van der Waals surface area contributed by atoms with Crippen LogP contribution >= 0.6 is 0 Å². The van der Waals surface area contributed by atoms with E-state index in [-0.39, 0.29) is 5.91 Å². The third kappa shape index (κ3) is 2.62. The van der Waals surface area contributed by atoms with Gasteiger partial charge in [-0.25, -0.2) is 4.98 Å². The van der Waals surface area contributed by atoms with Crippen LogP contribution in [0.3, 0.4) is 0 Å². The summed E-state index contributed by atoms with van der Waals surface area (Å²) >= 11 is 0. The first-order chi connectivity index (χ1) is 8.95. The summed E-state index contributed by atoms with van der Waals surface area (Å²) in [5, 5.41) is 6.00. The first-order valence-corrected chi connectivity index (χ1v) is 6.60. The van der Waals surface area contributed by atoms with Gasteiger partial charge in [0.2, 0.25) is 11.9 Å². The van der Waals surface area contributed by atoms with Gasteiger partial charge in [0.1, 0.15) is 11.4 Å². The molecule has 0 radical (unpaired) electrons. The summed E-state index contributed by atoms with van der Waals surface area (Å²) in [7, 11) is 0. The number of amides is 1. The molecule has 1 aliphatic rings. The van der Waals surface area contributed by atoms with Crippen LogP contribution in [0.4, 0.5) is 11.8 Å². The summed E-state index contributed by atoms with van der Waals surface area (Å²) < 4.78 is 0. The predicted molar refractivity (Wildman–Crippen MR) is 75.4 cm³/mol. The van der Waals surface area contributed by atoms with E-state index in [2.05, 4.69) is 20.6 Å². The van der Waals surface area contributed by atoms with Crippen molar-refractivity contribution in [1.82, 2.24) is 15.3 Å². The first kappa shape index (κ1) is 13.6. The Kier molecular flexibility index (Phi) is 3.59. The lowest BCUT2D eigenvalue weighted by Gasteiger charge is -2.42. The van der Waals surface area contributed by atoms with Gasteiger partial charge < -0.3 is 15.5 Å². The second kappa shape index (κ2) is 5.03. The fraction of sp³-hybridized carbons (Fsp3) is 0.615. The number of piperazine rings is 1. The van der Waals surface area contributed by atoms with Crippen LogP contribution in [0.25, 0.3) is 0 Å². The van der Waals surface area contributed by atoms with Gasteiger partial charge in [0.25, 0.3) is 0 Å². The van der Waals surface area contributed by atoms with E-state index in [9.17, 15) is 4.79 Å². The van der Waals surface area contributed by atoms with E-state index in [0.717, 1.165) is 24.6 Å². The molecular formula is C13H21N5O. The Morgan fingerprint density at radius 3 is 2.89 bits per heavy atom. The third-order valence-corrected chi connectivity index (χ3v) is 3.30. The normalized spacial score (nSPS) is 18.1. The Labute approximate surface area is 113 Å². The monoisotopic (exact) mass is 263 g/mol. The number of anilines is 2. The van der Waals surface area contributed by atoms with Crippen molar-refractivity contribution in [1.29, 1.82) is 0 Å². The van der Waals surface area contributed by atoms with E-state index < -0.39 is 5.54 Å². The Morgan fingerprint density at radius 2 is 2.21 bits per heavy atom. The molecular weight excluding hydrogens is 242 g/mol. The highest BCUT2D eigenvalue weighted by Crippen LogP contribution is 2.25. The molecule has 1 aliphatic heterocycles. The van der Waals surface area contributed by atoms with E-state index >= 15 is 0 Å². The quantitative estimate of drug-likeness (QED) is 0.849. The molecule has 0 saturated carbocycles. The Balaban J connectivity index is 2.37. The van der Waals surface area contributed by atoms with Crippen molar-refractivity contribution in [3.63, 3.8) is 0 Å². The molecule has 1 aromatic heterocycles. The van der Waals surface area contributed by atoms with Crippen molar-refractivity contribution in [2.24, 2.45) is 0 Å². The van der Waals surface area contributed by atoms with Gasteiger partial charge in [0.15, 0.2) is 0 Å². The largest absolute Gasteiger partial charge is 0.354 e. The van der Waals surface area contributed by atoms with Crippen molar-refractivity contribution in [3.8, 4) is 0 Å². The number of hydrogen-bond donors (Lipinski definition) is 2. The minimum Gasteiger partial charge on any atom is -0.354 e. The fourth-order valence-corrected chi connectivity index (χ4v) is 2.23. The summed E-state index contributed by atoms with van der Waals surface area (Å²) in [6.45, 7) is 9.92. The molecule has 0 aromatic carbocycles. The van der Waals surface area contributed by atoms with Crippen LogP contribution in [0.5, 0.6) is 0 Å². The van der Waals surface area contributed by atoms with Crippen LogP contribution in [0.15, 0.2) is 6.07 Å². The molecule has 104 valence electrons. The van der Waals surface area contributed by atoms with E-state index in [4.69, 9.17) is 0 Å². The minimum absolute atomic E-state index is 0.0278. The van der Waals surface area contributed by atoms with E-state index in [1.165, 1.54) is 0 Å². The lowest BCUT2D eigenvalue weighted by atomic mass is 9.99. The van der Waals surface area contributed by atoms with Crippen molar-refractivity contribution >= 4 is 17.7 Å². The second-order valence-corrected chi connectivity index (χ2v) is 5.19. The van der Waals surface area contributed by atoms with Gasteiger partial charge in [0, 0.05) is 31.4 Å². The number of aryl methyl sites for hydroxylation is 1. The molecule has 0 unspecified atom stereocenters. The zero-order valence-electron chi connectivity index (χ0n) is 11.9. The lowest BCUT2D eigenvalue weighted by Crippen LogP contribution is -2.62. The van der Waals surface area contributed by atoms with Gasteiger partial charge in [-0.05, 0) is 27.7 Å². The molecule has 1 saturated heterocycles. The Hall–Kier alpha value is -1.85. The Bertz CT molecular complexity index is 486. The number of carbonyl (C=O) groups excluding carboxylic acids is 1. The minimum atomic E-state index is -0.595. The summed E-state index contributed by atoms with van der Waals surface area (Å²) in [5.74, 6) is 1.43. The fourth-order valence-electron chi connectivity index (χ4n) is 2.23. The molecule has 0 atom stereocenters. The van der Waals surface area contributed by atoms with E-state index in [1.807, 2.05) is 38.7 Å². The molecule has 2 rings (SSSR count). The van der Waals surface area contributed by atoms with Crippen molar-refractivity contribution in [2.45, 2.75) is 33.2 Å². The Morgan fingerprint density at radius 1 is 1.47 bits per heavy atom. The van der Waals surface area contributed by atoms with E-state index in [0.29, 0.717) is 12.5 Å². The molecule has 2 N–H and O–H groups in total. The lowest BCUT2D eigenvalue weighted by molar-refractivity contribution is -0.126. The molecule has 1 amide bonds. The number of nitrogens with zero attached hydrogens (tertiary/aromatic N) is 3. The number of aromatic nitrogens is 2. The van der Waals surface area contributed by atoms with Gasteiger partial charge >= 0.3 is 0 Å². The number of hydrogen-bond acceptors (Lipinski definition) is 5. The highest BCUT2D eigenvalue weighted by atomic mass is 16.2. The molecule has 6 nitrogen and oxygen atoms in total. The molecule has 6 heteroatoms. The van der Waals surface area contributed by atoms with Crippen molar-refractivity contribution in [2.75, 3.05) is 29.9 Å².